The molecule has 10 heteroatoms. The molecule has 1 aromatic heterocycles. The quantitative estimate of drug-likeness (QED) is 0.156. The molecule has 9 nitrogen and oxygen atoms in total. The third-order valence-electron chi connectivity index (χ3n) is 6.20. The van der Waals surface area contributed by atoms with Gasteiger partial charge < -0.3 is 26.0 Å². The lowest BCUT2D eigenvalue weighted by Gasteiger charge is -2.19. The van der Waals surface area contributed by atoms with Gasteiger partial charge in [0.2, 0.25) is 5.91 Å². The van der Waals surface area contributed by atoms with Gasteiger partial charge in [0.05, 0.1) is 5.69 Å². The molecule has 4 N–H and O–H groups in total. The molecule has 3 amide bonds. The van der Waals surface area contributed by atoms with Crippen LogP contribution in [0.3, 0.4) is 0 Å². The molecule has 224 valence electrons. The van der Waals surface area contributed by atoms with E-state index < -0.39 is 11.7 Å². The minimum absolute atomic E-state index is 0.0667. The maximum absolute atomic E-state index is 13.4. The van der Waals surface area contributed by atoms with Crippen molar-refractivity contribution in [2.45, 2.75) is 53.2 Å². The van der Waals surface area contributed by atoms with E-state index in [9.17, 15) is 14.4 Å². The van der Waals surface area contributed by atoms with Gasteiger partial charge in [0.25, 0.3) is 5.91 Å². The van der Waals surface area contributed by atoms with Crippen molar-refractivity contribution in [2.75, 3.05) is 17.2 Å². The molecule has 0 saturated carbocycles. The van der Waals surface area contributed by atoms with Crippen LogP contribution < -0.4 is 21.3 Å². The third kappa shape index (κ3) is 9.40. The lowest BCUT2D eigenvalue weighted by atomic mass is 10.1. The van der Waals surface area contributed by atoms with Gasteiger partial charge in [-0.1, -0.05) is 65.9 Å². The molecule has 0 aliphatic heterocycles. The number of nitrogens with one attached hydrogen (secondary N) is 4. The van der Waals surface area contributed by atoms with Crippen molar-refractivity contribution < 1.29 is 19.1 Å². The van der Waals surface area contributed by atoms with Gasteiger partial charge in [0.15, 0.2) is 5.13 Å². The molecule has 0 unspecified atom stereocenters. The third-order valence-corrected chi connectivity index (χ3v) is 7.17. The highest BCUT2D eigenvalue weighted by molar-refractivity contribution is 7.18. The molecular weight excluding hydrogens is 562 g/mol. The molecule has 4 rings (SSSR count). The Morgan fingerprint density at radius 2 is 1.67 bits per heavy atom. The summed E-state index contributed by atoms with van der Waals surface area (Å²) in [5.74, 6) is -0.516. The van der Waals surface area contributed by atoms with Gasteiger partial charge in [-0.05, 0) is 69.5 Å². The molecule has 3 aromatic carbocycles. The zero-order chi connectivity index (χ0) is 31.0. The maximum atomic E-state index is 13.4. The smallest absolute Gasteiger partial charge is 0.407 e. The Labute approximate surface area is 256 Å². The van der Waals surface area contributed by atoms with E-state index in [1.54, 1.807) is 39.0 Å². The van der Waals surface area contributed by atoms with Crippen molar-refractivity contribution in [1.82, 2.24) is 15.6 Å². The highest BCUT2D eigenvalue weighted by atomic mass is 32.1. The fourth-order valence-corrected chi connectivity index (χ4v) is 5.04. The standard InChI is InChI=1S/C33H37N5O4S/c1-21-14-15-22(2)26(18-21)37-31-38-28(29(43-31)30(40)35-20-23-10-7-6-8-11-23)24-12-9-13-25(19-24)36-27(39)16-17-34-32(41)42-33(3,4)5/h6-15,18-19H,16-17,20H2,1-5H3,(H,34,41)(H,35,40)(H,36,39)(H,37,38). The average Bonchev–Trinajstić information content (AvgIpc) is 3.37. The topological polar surface area (TPSA) is 121 Å². The summed E-state index contributed by atoms with van der Waals surface area (Å²) in [6.45, 7) is 9.86. The first-order valence-electron chi connectivity index (χ1n) is 14.0. The molecule has 4 aromatic rings. The number of alkyl carbamates (subject to hydrolysis) is 1. The minimum atomic E-state index is -0.617. The predicted octanol–water partition coefficient (Wildman–Crippen LogP) is 6.95. The first-order chi connectivity index (χ1) is 20.5. The minimum Gasteiger partial charge on any atom is -0.444 e. The number of nitrogens with zero attached hydrogens (tertiary/aromatic N) is 1. The molecular formula is C33H37N5O4S. The monoisotopic (exact) mass is 599 g/mol. The molecule has 0 saturated heterocycles. The molecule has 0 aliphatic carbocycles. The van der Waals surface area contributed by atoms with Gasteiger partial charge in [0, 0.05) is 36.4 Å². The van der Waals surface area contributed by atoms with E-state index >= 15 is 0 Å². The number of benzene rings is 3. The van der Waals surface area contributed by atoms with Gasteiger partial charge in [-0.3, -0.25) is 9.59 Å². The van der Waals surface area contributed by atoms with Crippen LogP contribution in [0, 0.1) is 13.8 Å². The first-order valence-corrected chi connectivity index (χ1v) is 14.8. The van der Waals surface area contributed by atoms with Gasteiger partial charge in [-0.25, -0.2) is 9.78 Å². The van der Waals surface area contributed by atoms with Gasteiger partial charge >= 0.3 is 6.09 Å². The second kappa shape index (κ2) is 14.0. The molecule has 43 heavy (non-hydrogen) atoms. The number of rotatable bonds is 10. The molecule has 0 bridgehead atoms. The van der Waals surface area contributed by atoms with Crippen LogP contribution in [0.2, 0.25) is 0 Å². The van der Waals surface area contributed by atoms with Crippen molar-refractivity contribution in [3.63, 3.8) is 0 Å². The van der Waals surface area contributed by atoms with Crippen LogP contribution in [0.1, 0.15) is 53.6 Å². The molecule has 0 spiro atoms. The predicted molar refractivity (Wildman–Crippen MR) is 172 cm³/mol. The Morgan fingerprint density at radius 1 is 0.907 bits per heavy atom. The normalized spacial score (nSPS) is 11.0. The Bertz CT molecular complexity index is 1590. The van der Waals surface area contributed by atoms with Crippen LogP contribution in [-0.2, 0) is 16.1 Å². The second-order valence-electron chi connectivity index (χ2n) is 11.1. The number of carbonyl (C=O) groups is 3. The number of thiazole rings is 1. The average molecular weight is 600 g/mol. The van der Waals surface area contributed by atoms with Crippen molar-refractivity contribution in [1.29, 1.82) is 0 Å². The molecule has 0 fully saturated rings. The Kier molecular flexibility index (Phi) is 10.2. The summed E-state index contributed by atoms with van der Waals surface area (Å²) < 4.78 is 5.20. The largest absolute Gasteiger partial charge is 0.444 e. The van der Waals surface area contributed by atoms with Crippen LogP contribution >= 0.6 is 11.3 Å². The van der Waals surface area contributed by atoms with Crippen molar-refractivity contribution in [3.05, 3.63) is 94.4 Å². The van der Waals surface area contributed by atoms with Crippen molar-refractivity contribution >= 4 is 45.8 Å². The summed E-state index contributed by atoms with van der Waals surface area (Å²) in [4.78, 5) is 43.2. The SMILES string of the molecule is Cc1ccc(C)c(Nc2nc(-c3cccc(NC(=O)CCNC(=O)OC(C)(C)C)c3)c(C(=O)NCc3ccccc3)s2)c1. The molecule has 0 radical (unpaired) electrons. The van der Waals surface area contributed by atoms with E-state index in [4.69, 9.17) is 9.72 Å². The van der Waals surface area contributed by atoms with Gasteiger partial charge in [0.1, 0.15) is 10.5 Å². The van der Waals surface area contributed by atoms with E-state index in [0.29, 0.717) is 33.5 Å². The number of hydrogen-bond acceptors (Lipinski definition) is 7. The number of amides is 3. The Balaban J connectivity index is 1.52. The number of aromatic nitrogens is 1. The van der Waals surface area contributed by atoms with E-state index in [1.807, 2.05) is 68.4 Å². The number of carbonyl (C=O) groups excluding carboxylic acids is 3. The fourth-order valence-electron chi connectivity index (χ4n) is 4.13. The molecule has 0 aliphatic rings. The van der Waals surface area contributed by atoms with Crippen LogP contribution in [0.4, 0.5) is 21.3 Å². The van der Waals surface area contributed by atoms with Crippen LogP contribution in [-0.4, -0.2) is 35.0 Å². The Hall–Kier alpha value is -4.70. The summed E-state index contributed by atoms with van der Waals surface area (Å²) in [6.07, 6.45) is -0.508. The fraction of sp³-hybridized carbons (Fsp3) is 0.273. The maximum Gasteiger partial charge on any atom is 0.407 e. The van der Waals surface area contributed by atoms with Gasteiger partial charge in [-0.2, -0.15) is 0 Å². The molecule has 0 atom stereocenters. The van der Waals surface area contributed by atoms with E-state index in [-0.39, 0.29) is 24.8 Å². The lowest BCUT2D eigenvalue weighted by Crippen LogP contribution is -2.34. The summed E-state index contributed by atoms with van der Waals surface area (Å²) in [7, 11) is 0. The highest BCUT2D eigenvalue weighted by Crippen LogP contribution is 2.34. The lowest BCUT2D eigenvalue weighted by molar-refractivity contribution is -0.116. The number of hydrogen-bond donors (Lipinski definition) is 4. The zero-order valence-electron chi connectivity index (χ0n) is 25.0. The van der Waals surface area contributed by atoms with E-state index in [1.165, 1.54) is 11.3 Å². The van der Waals surface area contributed by atoms with Crippen LogP contribution in [0.25, 0.3) is 11.3 Å². The van der Waals surface area contributed by atoms with Crippen molar-refractivity contribution in [3.8, 4) is 11.3 Å². The van der Waals surface area contributed by atoms with Crippen LogP contribution in [0.5, 0.6) is 0 Å². The van der Waals surface area contributed by atoms with Gasteiger partial charge in [-0.15, -0.1) is 0 Å². The Morgan fingerprint density at radius 3 is 2.42 bits per heavy atom. The van der Waals surface area contributed by atoms with E-state index in [2.05, 4.69) is 21.3 Å². The summed E-state index contributed by atoms with van der Waals surface area (Å²) in [5, 5.41) is 12.4. The van der Waals surface area contributed by atoms with Crippen LogP contribution in [0.15, 0.2) is 72.8 Å². The summed E-state index contributed by atoms with van der Waals surface area (Å²) >= 11 is 1.27. The summed E-state index contributed by atoms with van der Waals surface area (Å²) in [5.41, 5.74) is 5.18. The summed E-state index contributed by atoms with van der Waals surface area (Å²) in [6, 6.07) is 23.0. The number of aryl methyl sites for hydroxylation is 2. The highest BCUT2D eigenvalue weighted by Gasteiger charge is 2.21. The zero-order valence-corrected chi connectivity index (χ0v) is 25.9. The molecule has 1 heterocycles. The van der Waals surface area contributed by atoms with E-state index in [0.717, 1.165) is 22.4 Å². The second-order valence-corrected chi connectivity index (χ2v) is 12.1. The van der Waals surface area contributed by atoms with Crippen molar-refractivity contribution in [2.24, 2.45) is 0 Å². The number of ether oxygens (including phenoxy) is 1. The number of anilines is 3. The first kappa shape index (κ1) is 31.2.